The lowest BCUT2D eigenvalue weighted by Gasteiger charge is -2.24. The van der Waals surface area contributed by atoms with Gasteiger partial charge in [0, 0.05) is 3.92 Å². The number of hydrogen-bond acceptors (Lipinski definition) is 1. The fourth-order valence-electron chi connectivity index (χ4n) is 1.93. The Kier molecular flexibility index (Phi) is 3.58. The van der Waals surface area contributed by atoms with Gasteiger partial charge in [-0.1, -0.05) is 65.0 Å². The van der Waals surface area contributed by atoms with Crippen LogP contribution in [-0.4, -0.2) is 15.0 Å². The van der Waals surface area contributed by atoms with Crippen molar-refractivity contribution in [1.82, 2.24) is 0 Å². The summed E-state index contributed by atoms with van der Waals surface area (Å²) in [5, 5.41) is 9.53. The fraction of sp³-hybridized carbons (Fsp3) is 0.154. The zero-order valence-electron chi connectivity index (χ0n) is 8.91. The second-order valence-electron chi connectivity index (χ2n) is 3.84. The van der Waals surface area contributed by atoms with Crippen molar-refractivity contribution in [1.29, 1.82) is 0 Å². The van der Waals surface area contributed by atoms with Crippen LogP contribution in [0.15, 0.2) is 42.0 Å². The molecule has 0 fully saturated rings. The van der Waals surface area contributed by atoms with E-state index in [0.29, 0.717) is 10.6 Å². The summed E-state index contributed by atoms with van der Waals surface area (Å²) in [5.41, 5.74) is 2.79. The van der Waals surface area contributed by atoms with E-state index in [1.54, 1.807) is 0 Å². The first-order valence-electron chi connectivity index (χ1n) is 5.07. The van der Waals surface area contributed by atoms with E-state index in [9.17, 15) is 4.79 Å². The van der Waals surface area contributed by atoms with Gasteiger partial charge < -0.3 is 5.11 Å². The van der Waals surface area contributed by atoms with Crippen LogP contribution in [0.1, 0.15) is 11.1 Å². The molecule has 17 heavy (non-hydrogen) atoms. The van der Waals surface area contributed by atoms with Gasteiger partial charge in [0.25, 0.3) is 0 Å². The van der Waals surface area contributed by atoms with Crippen molar-refractivity contribution in [2.75, 3.05) is 0 Å². The maximum Gasteiger partial charge on any atom is 0.335 e. The number of hydrogen-bond donors (Lipinski definition) is 1. The number of alkyl halides is 1. The van der Waals surface area contributed by atoms with Gasteiger partial charge in [-0.3, -0.25) is 0 Å². The molecule has 1 aliphatic rings. The minimum absolute atomic E-state index is 0.0543. The van der Waals surface area contributed by atoms with Crippen LogP contribution in [0.2, 0.25) is 0 Å². The van der Waals surface area contributed by atoms with Crippen LogP contribution in [-0.2, 0) is 11.2 Å². The van der Waals surface area contributed by atoms with Crippen LogP contribution < -0.4 is 0 Å². The van der Waals surface area contributed by atoms with E-state index in [2.05, 4.69) is 29.2 Å². The smallest absolute Gasteiger partial charge is 0.335 e. The lowest BCUT2D eigenvalue weighted by Crippen LogP contribution is -2.18. The highest BCUT2D eigenvalue weighted by atomic mass is 127. The maximum atomic E-state index is 11.0. The van der Waals surface area contributed by atoms with E-state index in [1.165, 1.54) is 0 Å². The number of fused-ring (bicyclic) bond motifs is 1. The molecular formula is C13H10ClIO2. The van der Waals surface area contributed by atoms with E-state index in [-0.39, 0.29) is 9.50 Å². The molecule has 0 aliphatic heterocycles. The Hall–Kier alpha value is -0.810. The van der Waals surface area contributed by atoms with Crippen molar-refractivity contribution in [2.45, 2.75) is 10.3 Å². The molecule has 1 aromatic rings. The predicted octanol–water partition coefficient (Wildman–Crippen LogP) is 3.64. The normalized spacial score (nSPS) is 18.8. The molecule has 0 spiro atoms. The summed E-state index contributed by atoms with van der Waals surface area (Å²) in [4.78, 5) is 11.0. The van der Waals surface area contributed by atoms with Crippen molar-refractivity contribution < 1.29 is 9.90 Å². The molecule has 1 aliphatic carbocycles. The van der Waals surface area contributed by atoms with Gasteiger partial charge in [-0.2, -0.15) is 0 Å². The maximum absolute atomic E-state index is 11.0. The van der Waals surface area contributed by atoms with Gasteiger partial charge in [0.2, 0.25) is 0 Å². The number of aliphatic carboxylic acids is 1. The van der Waals surface area contributed by atoms with Crippen molar-refractivity contribution in [3.05, 3.63) is 53.1 Å². The van der Waals surface area contributed by atoms with Crippen molar-refractivity contribution in [3.63, 3.8) is 0 Å². The molecule has 0 saturated heterocycles. The van der Waals surface area contributed by atoms with E-state index >= 15 is 0 Å². The van der Waals surface area contributed by atoms with E-state index in [0.717, 1.165) is 17.5 Å². The summed E-state index contributed by atoms with van der Waals surface area (Å²) in [6, 6.07) is 7.79. The van der Waals surface area contributed by atoms with Crippen LogP contribution in [0.5, 0.6) is 0 Å². The number of carboxylic acids is 1. The van der Waals surface area contributed by atoms with Crippen molar-refractivity contribution in [2.24, 2.45) is 0 Å². The average molecular weight is 361 g/mol. The summed E-state index contributed by atoms with van der Waals surface area (Å²) in [5.74, 6) is -1.01. The van der Waals surface area contributed by atoms with Gasteiger partial charge >= 0.3 is 5.97 Å². The number of halogens is 2. The van der Waals surface area contributed by atoms with Gasteiger partial charge in [-0.25, -0.2) is 4.79 Å². The molecule has 0 heterocycles. The zero-order chi connectivity index (χ0) is 12.6. The highest BCUT2D eigenvalue weighted by Gasteiger charge is 2.28. The highest BCUT2D eigenvalue weighted by molar-refractivity contribution is 14.1. The molecule has 1 aromatic carbocycles. The minimum atomic E-state index is -1.01. The van der Waals surface area contributed by atoms with Crippen LogP contribution in [0.4, 0.5) is 0 Å². The quantitative estimate of drug-likeness (QED) is 0.497. The first kappa shape index (κ1) is 12.6. The molecule has 0 radical (unpaired) electrons. The highest BCUT2D eigenvalue weighted by Crippen LogP contribution is 2.40. The standard InChI is InChI=1S/C13H10ClIO2/c1-7(13(16)17)11-10(15)6-8-4-2-3-5-9(8)12(11)14/h2-5,10H,1,6H2,(H,16,17). The minimum Gasteiger partial charge on any atom is -0.478 e. The first-order chi connectivity index (χ1) is 8.02. The van der Waals surface area contributed by atoms with Gasteiger partial charge in [-0.05, 0) is 23.1 Å². The topological polar surface area (TPSA) is 37.3 Å². The van der Waals surface area contributed by atoms with E-state index in [4.69, 9.17) is 16.7 Å². The molecule has 4 heteroatoms. The molecule has 1 atom stereocenters. The average Bonchev–Trinajstić information content (AvgIpc) is 2.28. The van der Waals surface area contributed by atoms with Crippen LogP contribution in [0.25, 0.3) is 5.03 Å². The molecule has 2 rings (SSSR count). The Morgan fingerprint density at radius 2 is 2.12 bits per heavy atom. The largest absolute Gasteiger partial charge is 0.478 e. The van der Waals surface area contributed by atoms with Gasteiger partial charge in [0.1, 0.15) is 0 Å². The predicted molar refractivity (Wildman–Crippen MR) is 77.5 cm³/mol. The van der Waals surface area contributed by atoms with E-state index < -0.39 is 5.97 Å². The third-order valence-electron chi connectivity index (χ3n) is 2.79. The van der Waals surface area contributed by atoms with E-state index in [1.807, 2.05) is 24.3 Å². The second kappa shape index (κ2) is 4.82. The van der Waals surface area contributed by atoms with Crippen molar-refractivity contribution in [3.8, 4) is 0 Å². The molecule has 0 aromatic heterocycles. The fourth-order valence-corrected chi connectivity index (χ4v) is 3.70. The Labute approximate surface area is 118 Å². The molecule has 1 N–H and O–H groups in total. The Balaban J connectivity index is 2.59. The van der Waals surface area contributed by atoms with Gasteiger partial charge in [0.05, 0.1) is 10.6 Å². The lowest BCUT2D eigenvalue weighted by atomic mass is 9.89. The number of carboxylic acid groups (broad SMARTS) is 1. The molecule has 1 unspecified atom stereocenters. The Morgan fingerprint density at radius 3 is 2.76 bits per heavy atom. The molecule has 0 amide bonds. The summed E-state index contributed by atoms with van der Waals surface area (Å²) < 4.78 is 0.0543. The van der Waals surface area contributed by atoms with Crippen LogP contribution >= 0.6 is 34.2 Å². The molecule has 88 valence electrons. The monoisotopic (exact) mass is 360 g/mol. The Bertz CT molecular complexity index is 534. The van der Waals surface area contributed by atoms with Gasteiger partial charge in [0.15, 0.2) is 0 Å². The number of rotatable bonds is 2. The third kappa shape index (κ3) is 2.26. The first-order valence-corrected chi connectivity index (χ1v) is 6.69. The summed E-state index contributed by atoms with van der Waals surface area (Å²) in [7, 11) is 0. The molecule has 2 nitrogen and oxygen atoms in total. The molecule has 0 saturated carbocycles. The zero-order valence-corrected chi connectivity index (χ0v) is 11.8. The summed E-state index contributed by atoms with van der Waals surface area (Å²) >= 11 is 8.51. The molecular weight excluding hydrogens is 350 g/mol. The summed E-state index contributed by atoms with van der Waals surface area (Å²) in [6.07, 6.45) is 0.786. The summed E-state index contributed by atoms with van der Waals surface area (Å²) in [6.45, 7) is 3.60. The van der Waals surface area contributed by atoms with Crippen molar-refractivity contribution >= 4 is 45.2 Å². The number of carbonyl (C=O) groups is 1. The lowest BCUT2D eigenvalue weighted by molar-refractivity contribution is -0.132. The number of benzene rings is 1. The van der Waals surface area contributed by atoms with Gasteiger partial charge in [-0.15, -0.1) is 0 Å². The molecule has 0 bridgehead atoms. The van der Waals surface area contributed by atoms with Crippen LogP contribution in [0, 0.1) is 0 Å². The second-order valence-corrected chi connectivity index (χ2v) is 5.72. The third-order valence-corrected chi connectivity index (χ3v) is 4.26. The Morgan fingerprint density at radius 1 is 1.47 bits per heavy atom. The van der Waals surface area contributed by atoms with Crippen LogP contribution in [0.3, 0.4) is 0 Å². The SMILES string of the molecule is C=C(C(=O)O)C1=C(Cl)c2ccccc2CC1I.